The number of ether oxygens (including phenoxy) is 3. The minimum Gasteiger partial charge on any atom is -0.497 e. The highest BCUT2D eigenvalue weighted by Crippen LogP contribution is 2.19. The summed E-state index contributed by atoms with van der Waals surface area (Å²) >= 11 is 0. The quantitative estimate of drug-likeness (QED) is 0.776. The first kappa shape index (κ1) is 20.5. The fraction of sp³-hybridized carbons (Fsp3) is 0.364. The first-order valence-corrected chi connectivity index (χ1v) is 9.69. The van der Waals surface area contributed by atoms with Crippen molar-refractivity contribution in [3.8, 4) is 17.2 Å². The van der Waals surface area contributed by atoms with Crippen LogP contribution >= 0.6 is 0 Å². The van der Waals surface area contributed by atoms with E-state index in [1.54, 1.807) is 48.4 Å². The Bertz CT molecular complexity index is 787. The molecule has 1 aliphatic heterocycles. The van der Waals surface area contributed by atoms with E-state index in [0.29, 0.717) is 37.1 Å². The van der Waals surface area contributed by atoms with Gasteiger partial charge in [-0.3, -0.25) is 4.79 Å². The second kappa shape index (κ2) is 10.4. The number of likely N-dealkylation sites (tertiary alicyclic amines) is 1. The first-order chi connectivity index (χ1) is 14.1. The number of rotatable bonds is 7. The average molecular weight is 398 g/mol. The molecule has 2 amide bonds. The van der Waals surface area contributed by atoms with Crippen molar-refractivity contribution in [3.63, 3.8) is 0 Å². The number of piperidine rings is 1. The summed E-state index contributed by atoms with van der Waals surface area (Å²) in [6.07, 6.45) is 1.32. The Balaban J connectivity index is 1.32. The molecule has 154 valence electrons. The molecule has 0 radical (unpaired) electrons. The van der Waals surface area contributed by atoms with E-state index in [9.17, 15) is 9.59 Å². The van der Waals surface area contributed by atoms with Crippen LogP contribution in [0.5, 0.6) is 17.2 Å². The summed E-state index contributed by atoms with van der Waals surface area (Å²) in [5, 5.41) is 2.91. The highest BCUT2D eigenvalue weighted by atomic mass is 16.6. The molecule has 0 bridgehead atoms. The Kier molecular flexibility index (Phi) is 7.33. The minimum absolute atomic E-state index is 0.0332. The molecule has 1 saturated heterocycles. The van der Waals surface area contributed by atoms with Crippen LogP contribution in [-0.2, 0) is 4.79 Å². The van der Waals surface area contributed by atoms with Gasteiger partial charge in [-0.15, -0.1) is 0 Å². The van der Waals surface area contributed by atoms with Crippen molar-refractivity contribution in [1.29, 1.82) is 0 Å². The normalized spacial score (nSPS) is 14.2. The van der Waals surface area contributed by atoms with Gasteiger partial charge in [0.1, 0.15) is 17.2 Å². The third-order valence-electron chi connectivity index (χ3n) is 4.84. The van der Waals surface area contributed by atoms with Gasteiger partial charge in [-0.05, 0) is 55.2 Å². The standard InChI is InChI=1S/C22H26N2O5/c1-27-18-7-9-19(10-8-18)28-16-21(25)23-15-17-11-13-24(14-12-17)22(26)29-20-5-3-2-4-6-20/h2-10,17H,11-16H2,1H3,(H,23,25). The third kappa shape index (κ3) is 6.41. The zero-order chi connectivity index (χ0) is 20.5. The van der Waals surface area contributed by atoms with E-state index in [1.807, 2.05) is 18.2 Å². The molecule has 0 spiro atoms. The van der Waals surface area contributed by atoms with Crippen molar-refractivity contribution in [3.05, 3.63) is 54.6 Å². The SMILES string of the molecule is COc1ccc(OCC(=O)NCC2CCN(C(=O)Oc3ccccc3)CC2)cc1. The molecule has 7 heteroatoms. The van der Waals surface area contributed by atoms with E-state index in [4.69, 9.17) is 14.2 Å². The van der Waals surface area contributed by atoms with Crippen LogP contribution in [0.1, 0.15) is 12.8 Å². The fourth-order valence-corrected chi connectivity index (χ4v) is 3.10. The van der Waals surface area contributed by atoms with Gasteiger partial charge in [-0.1, -0.05) is 18.2 Å². The number of methoxy groups -OCH3 is 1. The molecule has 2 aromatic carbocycles. The van der Waals surface area contributed by atoms with Gasteiger partial charge in [0.05, 0.1) is 7.11 Å². The lowest BCUT2D eigenvalue weighted by Crippen LogP contribution is -2.43. The number of nitrogens with zero attached hydrogens (tertiary/aromatic N) is 1. The van der Waals surface area contributed by atoms with Crippen molar-refractivity contribution in [2.45, 2.75) is 12.8 Å². The van der Waals surface area contributed by atoms with Crippen LogP contribution in [0.2, 0.25) is 0 Å². The Hall–Kier alpha value is -3.22. The van der Waals surface area contributed by atoms with E-state index < -0.39 is 0 Å². The predicted molar refractivity (Wildman–Crippen MR) is 108 cm³/mol. The van der Waals surface area contributed by atoms with Gasteiger partial charge < -0.3 is 24.4 Å². The number of hydrogen-bond acceptors (Lipinski definition) is 5. The van der Waals surface area contributed by atoms with Crippen molar-refractivity contribution in [1.82, 2.24) is 10.2 Å². The molecule has 0 aliphatic carbocycles. The summed E-state index contributed by atoms with van der Waals surface area (Å²) in [6.45, 7) is 1.78. The highest BCUT2D eigenvalue weighted by molar-refractivity contribution is 5.77. The van der Waals surface area contributed by atoms with Crippen LogP contribution in [-0.4, -0.2) is 50.3 Å². The lowest BCUT2D eigenvalue weighted by Gasteiger charge is -2.31. The molecule has 0 atom stereocenters. The first-order valence-electron chi connectivity index (χ1n) is 9.69. The zero-order valence-corrected chi connectivity index (χ0v) is 16.5. The molecule has 1 aliphatic rings. The maximum atomic E-state index is 12.2. The van der Waals surface area contributed by atoms with Gasteiger partial charge in [0, 0.05) is 19.6 Å². The maximum absolute atomic E-state index is 12.2. The molecule has 7 nitrogen and oxygen atoms in total. The minimum atomic E-state index is -0.327. The molecule has 1 heterocycles. The van der Waals surface area contributed by atoms with Crippen LogP contribution in [0, 0.1) is 5.92 Å². The van der Waals surface area contributed by atoms with Gasteiger partial charge >= 0.3 is 6.09 Å². The summed E-state index contributed by atoms with van der Waals surface area (Å²) in [6, 6.07) is 16.1. The molecular weight excluding hydrogens is 372 g/mol. The van der Waals surface area contributed by atoms with E-state index in [1.165, 1.54) is 0 Å². The summed E-state index contributed by atoms with van der Waals surface area (Å²) in [4.78, 5) is 25.9. The van der Waals surface area contributed by atoms with Crippen LogP contribution in [0.25, 0.3) is 0 Å². The largest absolute Gasteiger partial charge is 0.497 e. The smallest absolute Gasteiger partial charge is 0.415 e. The fourth-order valence-electron chi connectivity index (χ4n) is 3.10. The molecule has 3 rings (SSSR count). The Morgan fingerprint density at radius 3 is 2.28 bits per heavy atom. The second-order valence-corrected chi connectivity index (χ2v) is 6.88. The predicted octanol–water partition coefficient (Wildman–Crippen LogP) is 3.10. The average Bonchev–Trinajstić information content (AvgIpc) is 2.77. The number of amides is 2. The molecule has 0 aromatic heterocycles. The molecular formula is C22H26N2O5. The topological polar surface area (TPSA) is 77.1 Å². The summed E-state index contributed by atoms with van der Waals surface area (Å²) in [7, 11) is 1.60. The molecule has 1 N–H and O–H groups in total. The molecule has 29 heavy (non-hydrogen) atoms. The van der Waals surface area contributed by atoms with Gasteiger partial charge in [0.25, 0.3) is 5.91 Å². The number of hydrogen-bond donors (Lipinski definition) is 1. The zero-order valence-electron chi connectivity index (χ0n) is 16.5. The van der Waals surface area contributed by atoms with Crippen molar-refractivity contribution < 1.29 is 23.8 Å². The Morgan fingerprint density at radius 2 is 1.62 bits per heavy atom. The number of benzene rings is 2. The number of carbonyl (C=O) groups is 2. The van der Waals surface area contributed by atoms with Gasteiger partial charge in [0.2, 0.25) is 0 Å². The van der Waals surface area contributed by atoms with E-state index >= 15 is 0 Å². The van der Waals surface area contributed by atoms with Crippen LogP contribution < -0.4 is 19.5 Å². The van der Waals surface area contributed by atoms with Gasteiger partial charge in [-0.2, -0.15) is 0 Å². The summed E-state index contributed by atoms with van der Waals surface area (Å²) < 4.78 is 15.9. The van der Waals surface area contributed by atoms with Crippen molar-refractivity contribution in [2.75, 3.05) is 33.4 Å². The summed E-state index contributed by atoms with van der Waals surface area (Å²) in [5.41, 5.74) is 0. The number of carbonyl (C=O) groups excluding carboxylic acids is 2. The van der Waals surface area contributed by atoms with Gasteiger partial charge in [0.15, 0.2) is 6.61 Å². The van der Waals surface area contributed by atoms with E-state index in [-0.39, 0.29) is 18.6 Å². The Labute approximate surface area is 170 Å². The third-order valence-corrected chi connectivity index (χ3v) is 4.84. The number of para-hydroxylation sites is 1. The van der Waals surface area contributed by atoms with E-state index in [0.717, 1.165) is 18.6 Å². The van der Waals surface area contributed by atoms with E-state index in [2.05, 4.69) is 5.32 Å². The lowest BCUT2D eigenvalue weighted by atomic mass is 9.97. The van der Waals surface area contributed by atoms with Crippen molar-refractivity contribution >= 4 is 12.0 Å². The van der Waals surface area contributed by atoms with Gasteiger partial charge in [-0.25, -0.2) is 4.79 Å². The maximum Gasteiger partial charge on any atom is 0.415 e. The van der Waals surface area contributed by atoms with Crippen LogP contribution in [0.15, 0.2) is 54.6 Å². The second-order valence-electron chi connectivity index (χ2n) is 6.88. The Morgan fingerprint density at radius 1 is 0.966 bits per heavy atom. The lowest BCUT2D eigenvalue weighted by molar-refractivity contribution is -0.123. The molecule has 0 unspecified atom stereocenters. The van der Waals surface area contributed by atoms with Crippen LogP contribution in [0.4, 0.5) is 4.79 Å². The summed E-state index contributed by atoms with van der Waals surface area (Å²) in [5.74, 6) is 2.07. The highest BCUT2D eigenvalue weighted by Gasteiger charge is 2.24. The number of nitrogens with one attached hydrogen (secondary N) is 1. The molecule has 1 fully saturated rings. The molecule has 2 aromatic rings. The monoisotopic (exact) mass is 398 g/mol. The molecule has 0 saturated carbocycles. The van der Waals surface area contributed by atoms with Crippen LogP contribution in [0.3, 0.4) is 0 Å². The van der Waals surface area contributed by atoms with Crippen molar-refractivity contribution in [2.24, 2.45) is 5.92 Å².